The summed E-state index contributed by atoms with van der Waals surface area (Å²) in [5.41, 5.74) is 1.86. The summed E-state index contributed by atoms with van der Waals surface area (Å²) in [6, 6.07) is 1.83. The zero-order valence-electron chi connectivity index (χ0n) is 9.36. The quantitative estimate of drug-likeness (QED) is 0.729. The van der Waals surface area contributed by atoms with E-state index in [0.717, 1.165) is 5.56 Å². The molecular formula is C11H13N3O3. The van der Waals surface area contributed by atoms with Gasteiger partial charge in [-0.15, -0.1) is 0 Å². The van der Waals surface area contributed by atoms with E-state index in [2.05, 4.69) is 10.1 Å². The first-order valence-corrected chi connectivity index (χ1v) is 5.22. The molecule has 90 valence electrons. The normalized spacial score (nSPS) is 10.6. The second kappa shape index (κ2) is 4.32. The van der Waals surface area contributed by atoms with E-state index in [0.29, 0.717) is 11.3 Å². The third kappa shape index (κ3) is 2.15. The number of aryl methyl sites for hydroxylation is 1. The van der Waals surface area contributed by atoms with Gasteiger partial charge in [0, 0.05) is 37.0 Å². The molecule has 0 saturated carbocycles. The molecule has 6 heteroatoms. The van der Waals surface area contributed by atoms with Gasteiger partial charge in [-0.3, -0.25) is 19.4 Å². The number of nitrogens with one attached hydrogen (secondary N) is 2. The lowest BCUT2D eigenvalue weighted by Gasteiger charge is -1.97. The molecule has 0 aliphatic carbocycles. The van der Waals surface area contributed by atoms with Crippen molar-refractivity contribution >= 4 is 5.97 Å². The molecule has 0 atom stereocenters. The van der Waals surface area contributed by atoms with Crippen LogP contribution in [0, 0.1) is 0 Å². The van der Waals surface area contributed by atoms with Crippen molar-refractivity contribution in [3.05, 3.63) is 34.4 Å². The fraction of sp³-hybridized carbons (Fsp3) is 0.273. The van der Waals surface area contributed by atoms with Crippen LogP contribution in [0.4, 0.5) is 0 Å². The Morgan fingerprint density at radius 2 is 2.29 bits per heavy atom. The van der Waals surface area contributed by atoms with E-state index in [1.165, 1.54) is 4.68 Å². The van der Waals surface area contributed by atoms with Crippen molar-refractivity contribution in [1.29, 1.82) is 0 Å². The Morgan fingerprint density at radius 3 is 2.88 bits per heavy atom. The van der Waals surface area contributed by atoms with E-state index in [4.69, 9.17) is 5.11 Å². The Balaban J connectivity index is 2.42. The Bertz CT molecular complexity index is 578. The minimum atomic E-state index is -0.909. The smallest absolute Gasteiger partial charge is 0.303 e. The van der Waals surface area contributed by atoms with E-state index in [1.54, 1.807) is 19.4 Å². The van der Waals surface area contributed by atoms with Gasteiger partial charge >= 0.3 is 5.97 Å². The van der Waals surface area contributed by atoms with E-state index in [1.807, 2.05) is 6.07 Å². The molecule has 0 saturated heterocycles. The van der Waals surface area contributed by atoms with E-state index in [9.17, 15) is 9.59 Å². The number of aliphatic carboxylic acids is 1. The largest absolute Gasteiger partial charge is 0.481 e. The number of carboxylic acid groups (broad SMARTS) is 1. The lowest BCUT2D eigenvalue weighted by molar-refractivity contribution is -0.136. The average Bonchev–Trinajstić information content (AvgIpc) is 2.87. The van der Waals surface area contributed by atoms with Crippen LogP contribution in [0.5, 0.6) is 0 Å². The third-order valence-corrected chi connectivity index (χ3v) is 2.62. The highest BCUT2D eigenvalue weighted by atomic mass is 16.4. The highest BCUT2D eigenvalue weighted by Crippen LogP contribution is 2.19. The maximum absolute atomic E-state index is 11.8. The van der Waals surface area contributed by atoms with Gasteiger partial charge in [-0.25, -0.2) is 0 Å². The van der Waals surface area contributed by atoms with Crippen molar-refractivity contribution < 1.29 is 9.90 Å². The van der Waals surface area contributed by atoms with Gasteiger partial charge in [-0.2, -0.15) is 0 Å². The summed E-state index contributed by atoms with van der Waals surface area (Å²) in [4.78, 5) is 25.3. The number of rotatable bonds is 4. The van der Waals surface area contributed by atoms with Crippen LogP contribution in [0.15, 0.2) is 23.3 Å². The SMILES string of the molecule is Cn1[nH]c(-c2cc[nH]c2)c(CCC(=O)O)c1=O. The summed E-state index contributed by atoms with van der Waals surface area (Å²) in [6.07, 6.45) is 3.69. The Kier molecular flexibility index (Phi) is 2.86. The lowest BCUT2D eigenvalue weighted by Crippen LogP contribution is -2.16. The molecule has 0 aliphatic heterocycles. The van der Waals surface area contributed by atoms with Gasteiger partial charge in [0.1, 0.15) is 0 Å². The van der Waals surface area contributed by atoms with Crippen LogP contribution in [0.3, 0.4) is 0 Å². The number of carbonyl (C=O) groups is 1. The number of hydrogen-bond donors (Lipinski definition) is 3. The number of aromatic amines is 2. The Morgan fingerprint density at radius 1 is 1.53 bits per heavy atom. The molecule has 0 fully saturated rings. The molecule has 0 aliphatic rings. The van der Waals surface area contributed by atoms with Crippen LogP contribution < -0.4 is 5.56 Å². The van der Waals surface area contributed by atoms with Crippen molar-refractivity contribution in [2.75, 3.05) is 0 Å². The minimum absolute atomic E-state index is 0.0511. The molecule has 0 aromatic carbocycles. The summed E-state index contributed by atoms with van der Waals surface area (Å²) in [5.74, 6) is -0.909. The highest BCUT2D eigenvalue weighted by molar-refractivity contribution is 5.68. The number of H-pyrrole nitrogens is 2. The Hall–Kier alpha value is -2.24. The molecular weight excluding hydrogens is 222 g/mol. The maximum Gasteiger partial charge on any atom is 0.303 e. The number of nitrogens with zero attached hydrogens (tertiary/aromatic N) is 1. The first kappa shape index (κ1) is 11.3. The summed E-state index contributed by atoms with van der Waals surface area (Å²) in [5, 5.41) is 11.6. The first-order chi connectivity index (χ1) is 8.09. The van der Waals surface area contributed by atoms with Gasteiger partial charge < -0.3 is 10.1 Å². The predicted octanol–water partition coefficient (Wildman–Crippen LogP) is 0.726. The third-order valence-electron chi connectivity index (χ3n) is 2.62. The lowest BCUT2D eigenvalue weighted by atomic mass is 10.1. The maximum atomic E-state index is 11.8. The predicted molar refractivity (Wildman–Crippen MR) is 61.8 cm³/mol. The molecule has 0 unspecified atom stereocenters. The van der Waals surface area contributed by atoms with Gasteiger partial charge in [0.15, 0.2) is 0 Å². The molecule has 6 nitrogen and oxygen atoms in total. The van der Waals surface area contributed by atoms with Crippen LogP contribution in [0.1, 0.15) is 12.0 Å². The average molecular weight is 235 g/mol. The zero-order valence-corrected chi connectivity index (χ0v) is 9.36. The zero-order chi connectivity index (χ0) is 12.4. The molecule has 2 aromatic heterocycles. The summed E-state index contributed by atoms with van der Waals surface area (Å²) in [7, 11) is 1.61. The van der Waals surface area contributed by atoms with Crippen LogP contribution in [-0.2, 0) is 18.3 Å². The Labute approximate surface area is 96.9 Å². The molecule has 3 N–H and O–H groups in total. The monoisotopic (exact) mass is 235 g/mol. The molecule has 2 rings (SSSR count). The standard InChI is InChI=1S/C11H13N3O3/c1-14-11(17)8(2-3-9(15)16)10(13-14)7-4-5-12-6-7/h4-6,12-13H,2-3H2,1H3,(H,15,16). The van der Waals surface area contributed by atoms with Crippen LogP contribution in [0.25, 0.3) is 11.3 Å². The number of hydrogen-bond acceptors (Lipinski definition) is 2. The van der Waals surface area contributed by atoms with Crippen LogP contribution >= 0.6 is 0 Å². The van der Waals surface area contributed by atoms with E-state index in [-0.39, 0.29) is 18.4 Å². The first-order valence-electron chi connectivity index (χ1n) is 5.22. The van der Waals surface area contributed by atoms with Crippen LogP contribution in [0.2, 0.25) is 0 Å². The fourth-order valence-corrected chi connectivity index (χ4v) is 1.78. The molecule has 0 amide bonds. The number of carboxylic acids is 1. The van der Waals surface area contributed by atoms with Gasteiger partial charge in [-0.1, -0.05) is 0 Å². The summed E-state index contributed by atoms with van der Waals surface area (Å²) < 4.78 is 1.36. The molecule has 0 radical (unpaired) electrons. The van der Waals surface area contributed by atoms with Crippen molar-refractivity contribution in [2.24, 2.45) is 7.05 Å². The molecule has 0 bridgehead atoms. The minimum Gasteiger partial charge on any atom is -0.481 e. The van der Waals surface area contributed by atoms with Gasteiger partial charge in [0.25, 0.3) is 5.56 Å². The van der Waals surface area contributed by atoms with Gasteiger partial charge in [-0.05, 0) is 12.5 Å². The van der Waals surface area contributed by atoms with Crippen LogP contribution in [-0.4, -0.2) is 25.8 Å². The molecule has 0 spiro atoms. The molecule has 2 heterocycles. The molecule has 2 aromatic rings. The number of aromatic nitrogens is 3. The van der Waals surface area contributed by atoms with Gasteiger partial charge in [0.05, 0.1) is 5.69 Å². The fourth-order valence-electron chi connectivity index (χ4n) is 1.78. The van der Waals surface area contributed by atoms with Crippen molar-refractivity contribution in [1.82, 2.24) is 14.8 Å². The van der Waals surface area contributed by atoms with Crippen molar-refractivity contribution in [3.63, 3.8) is 0 Å². The van der Waals surface area contributed by atoms with Crippen molar-refractivity contribution in [3.8, 4) is 11.3 Å². The second-order valence-corrected chi connectivity index (χ2v) is 3.82. The van der Waals surface area contributed by atoms with Gasteiger partial charge in [0.2, 0.25) is 0 Å². The highest BCUT2D eigenvalue weighted by Gasteiger charge is 2.15. The summed E-state index contributed by atoms with van der Waals surface area (Å²) >= 11 is 0. The van der Waals surface area contributed by atoms with Crippen molar-refractivity contribution in [2.45, 2.75) is 12.8 Å². The summed E-state index contributed by atoms with van der Waals surface area (Å²) in [6.45, 7) is 0. The van der Waals surface area contributed by atoms with E-state index < -0.39 is 5.97 Å². The topological polar surface area (TPSA) is 90.9 Å². The van der Waals surface area contributed by atoms with E-state index >= 15 is 0 Å². The second-order valence-electron chi connectivity index (χ2n) is 3.82. The molecule has 17 heavy (non-hydrogen) atoms.